The van der Waals surface area contributed by atoms with E-state index < -0.39 is 0 Å². The molecule has 2 aromatic carbocycles. The molecular formula is C30H34N4O2. The van der Waals surface area contributed by atoms with Gasteiger partial charge in [-0.25, -0.2) is 0 Å². The number of nitrogens with zero attached hydrogens (tertiary/aromatic N) is 3. The molecule has 1 N–H and O–H groups in total. The highest BCUT2D eigenvalue weighted by atomic mass is 16.1. The number of benzene rings is 2. The highest BCUT2D eigenvalue weighted by Crippen LogP contribution is 2.33. The lowest BCUT2D eigenvalue weighted by Crippen LogP contribution is -2.29. The highest BCUT2D eigenvalue weighted by Gasteiger charge is 2.17. The van der Waals surface area contributed by atoms with E-state index in [2.05, 4.69) is 38.3 Å². The average Bonchev–Trinajstić information content (AvgIpc) is 2.94. The van der Waals surface area contributed by atoms with Crippen LogP contribution in [-0.2, 0) is 6.54 Å². The zero-order valence-corrected chi connectivity index (χ0v) is 20.8. The molecule has 1 amide bonds. The molecule has 2 fully saturated rings. The van der Waals surface area contributed by atoms with Gasteiger partial charge in [0, 0.05) is 48.2 Å². The Balaban J connectivity index is 1.41. The van der Waals surface area contributed by atoms with Crippen LogP contribution in [0.25, 0.3) is 11.3 Å². The minimum atomic E-state index is -0.144. The number of pyridine rings is 1. The lowest BCUT2D eigenvalue weighted by Gasteiger charge is -2.29. The molecule has 0 saturated carbocycles. The van der Waals surface area contributed by atoms with E-state index in [1.165, 1.54) is 38.5 Å². The number of likely N-dealkylation sites (tertiary alicyclic amines) is 1. The van der Waals surface area contributed by atoms with Crippen molar-refractivity contribution in [2.24, 2.45) is 0 Å². The van der Waals surface area contributed by atoms with Gasteiger partial charge in [0.25, 0.3) is 5.91 Å². The fourth-order valence-electron chi connectivity index (χ4n) is 5.25. The van der Waals surface area contributed by atoms with E-state index in [0.29, 0.717) is 22.5 Å². The molecule has 2 aliphatic heterocycles. The van der Waals surface area contributed by atoms with E-state index in [9.17, 15) is 9.59 Å². The van der Waals surface area contributed by atoms with E-state index in [-0.39, 0.29) is 5.91 Å². The summed E-state index contributed by atoms with van der Waals surface area (Å²) in [6.45, 7) is 5.17. The molecule has 0 radical (unpaired) electrons. The monoisotopic (exact) mass is 482 g/mol. The molecule has 6 nitrogen and oxygen atoms in total. The van der Waals surface area contributed by atoms with E-state index in [1.807, 2.05) is 24.3 Å². The Hall–Kier alpha value is -3.51. The molecule has 1 aromatic heterocycles. The lowest BCUT2D eigenvalue weighted by atomic mass is 10.0. The van der Waals surface area contributed by atoms with Crippen LogP contribution in [0.1, 0.15) is 64.8 Å². The SMILES string of the molecule is O=Cc1ccnc(-c2cc(N3CCCCC3)ccc2NC(=O)c2cccc(CN3CCCCC3)c2)c1. The molecule has 0 atom stereocenters. The van der Waals surface area contributed by atoms with Gasteiger partial charge in [0.15, 0.2) is 0 Å². The first-order chi connectivity index (χ1) is 17.7. The summed E-state index contributed by atoms with van der Waals surface area (Å²) >= 11 is 0. The lowest BCUT2D eigenvalue weighted by molar-refractivity contribution is 0.102. The first-order valence-corrected chi connectivity index (χ1v) is 13.1. The predicted molar refractivity (Wildman–Crippen MR) is 145 cm³/mol. The summed E-state index contributed by atoms with van der Waals surface area (Å²) in [5, 5.41) is 3.12. The van der Waals surface area contributed by atoms with Crippen LogP contribution in [0.15, 0.2) is 60.8 Å². The number of hydrogen-bond acceptors (Lipinski definition) is 5. The molecule has 3 heterocycles. The number of anilines is 2. The number of rotatable bonds is 7. The summed E-state index contributed by atoms with van der Waals surface area (Å²) in [7, 11) is 0. The standard InChI is InChI=1S/C30H34N4O2/c35-22-24-12-13-31-29(19-24)27-20-26(34-16-5-2-6-17-34)10-11-28(27)32-30(36)25-9-7-8-23(18-25)21-33-14-3-1-4-15-33/h7-13,18-20,22H,1-6,14-17,21H2,(H,32,36). The Morgan fingerprint density at radius 2 is 1.67 bits per heavy atom. The number of piperidine rings is 2. The zero-order valence-electron chi connectivity index (χ0n) is 20.8. The van der Waals surface area contributed by atoms with Crippen LogP contribution in [0.2, 0.25) is 0 Å². The smallest absolute Gasteiger partial charge is 0.255 e. The molecule has 2 aliphatic rings. The quantitative estimate of drug-likeness (QED) is 0.432. The van der Waals surface area contributed by atoms with Gasteiger partial charge in [-0.3, -0.25) is 19.5 Å². The third kappa shape index (κ3) is 5.82. The van der Waals surface area contributed by atoms with Crippen LogP contribution in [0.3, 0.4) is 0 Å². The molecule has 5 rings (SSSR count). The van der Waals surface area contributed by atoms with Gasteiger partial charge in [-0.1, -0.05) is 18.6 Å². The first-order valence-electron chi connectivity index (χ1n) is 13.1. The van der Waals surface area contributed by atoms with Crippen LogP contribution in [0.5, 0.6) is 0 Å². The average molecular weight is 483 g/mol. The number of carbonyl (C=O) groups is 2. The molecule has 2 saturated heterocycles. The van der Waals surface area contributed by atoms with Crippen molar-refractivity contribution in [2.75, 3.05) is 36.4 Å². The van der Waals surface area contributed by atoms with E-state index in [1.54, 1.807) is 18.3 Å². The van der Waals surface area contributed by atoms with Crippen LogP contribution in [0.4, 0.5) is 11.4 Å². The number of nitrogens with one attached hydrogen (secondary N) is 1. The van der Waals surface area contributed by atoms with Crippen molar-refractivity contribution in [2.45, 2.75) is 45.1 Å². The second kappa shape index (κ2) is 11.5. The third-order valence-electron chi connectivity index (χ3n) is 7.21. The maximum atomic E-state index is 13.3. The topological polar surface area (TPSA) is 65.5 Å². The van der Waals surface area contributed by atoms with Crippen molar-refractivity contribution in [3.05, 3.63) is 77.5 Å². The molecule has 0 unspecified atom stereocenters. The maximum absolute atomic E-state index is 13.3. The highest BCUT2D eigenvalue weighted by molar-refractivity contribution is 6.06. The van der Waals surface area contributed by atoms with Gasteiger partial charge in [0.2, 0.25) is 0 Å². The summed E-state index contributed by atoms with van der Waals surface area (Å²) < 4.78 is 0. The van der Waals surface area contributed by atoms with Crippen molar-refractivity contribution in [1.82, 2.24) is 9.88 Å². The normalized spacial score (nSPS) is 16.5. The number of hydrogen-bond donors (Lipinski definition) is 1. The Morgan fingerprint density at radius 1 is 0.889 bits per heavy atom. The molecule has 36 heavy (non-hydrogen) atoms. The summed E-state index contributed by atoms with van der Waals surface area (Å²) in [6.07, 6.45) is 9.89. The van der Waals surface area contributed by atoms with Crippen LogP contribution in [0, 0.1) is 0 Å². The fourth-order valence-corrected chi connectivity index (χ4v) is 5.25. The minimum Gasteiger partial charge on any atom is -0.372 e. The Bertz CT molecular complexity index is 1210. The third-order valence-corrected chi connectivity index (χ3v) is 7.21. The van der Waals surface area contributed by atoms with Gasteiger partial charge in [0.05, 0.1) is 11.4 Å². The van der Waals surface area contributed by atoms with Crippen molar-refractivity contribution in [1.29, 1.82) is 0 Å². The van der Waals surface area contributed by atoms with Crippen molar-refractivity contribution < 1.29 is 9.59 Å². The van der Waals surface area contributed by atoms with Crippen LogP contribution >= 0.6 is 0 Å². The molecule has 186 valence electrons. The van der Waals surface area contributed by atoms with Crippen molar-refractivity contribution in [3.8, 4) is 11.3 Å². The second-order valence-corrected chi connectivity index (χ2v) is 9.86. The summed E-state index contributed by atoms with van der Waals surface area (Å²) in [5.41, 5.74) is 5.66. The Morgan fingerprint density at radius 3 is 2.44 bits per heavy atom. The Kier molecular flexibility index (Phi) is 7.72. The van der Waals surface area contributed by atoms with Gasteiger partial charge >= 0.3 is 0 Å². The molecule has 0 spiro atoms. The summed E-state index contributed by atoms with van der Waals surface area (Å²) in [6, 6.07) is 17.5. The second-order valence-electron chi connectivity index (χ2n) is 9.86. The van der Waals surface area contributed by atoms with Gasteiger partial charge in [0.1, 0.15) is 6.29 Å². The number of carbonyl (C=O) groups excluding carboxylic acids is 2. The first kappa shape index (κ1) is 24.2. The summed E-state index contributed by atoms with van der Waals surface area (Å²) in [5.74, 6) is -0.144. The van der Waals surface area contributed by atoms with Gasteiger partial charge in [-0.2, -0.15) is 0 Å². The van der Waals surface area contributed by atoms with Crippen molar-refractivity contribution in [3.63, 3.8) is 0 Å². The largest absolute Gasteiger partial charge is 0.372 e. The number of aromatic nitrogens is 1. The predicted octanol–water partition coefficient (Wildman–Crippen LogP) is 5.79. The maximum Gasteiger partial charge on any atom is 0.255 e. The van der Waals surface area contributed by atoms with Crippen LogP contribution < -0.4 is 10.2 Å². The molecular weight excluding hydrogens is 448 g/mol. The molecule has 0 bridgehead atoms. The van der Waals surface area contributed by atoms with Gasteiger partial charge in [-0.05, 0) is 93.2 Å². The molecule has 3 aromatic rings. The van der Waals surface area contributed by atoms with Gasteiger partial charge < -0.3 is 10.2 Å². The minimum absolute atomic E-state index is 0.144. The number of amides is 1. The Labute approximate surface area is 213 Å². The number of aldehydes is 1. The van der Waals surface area contributed by atoms with E-state index in [4.69, 9.17) is 0 Å². The van der Waals surface area contributed by atoms with E-state index in [0.717, 1.165) is 55.8 Å². The van der Waals surface area contributed by atoms with Crippen LogP contribution in [-0.4, -0.2) is 48.3 Å². The molecule has 6 heteroatoms. The van der Waals surface area contributed by atoms with Crippen molar-refractivity contribution >= 4 is 23.6 Å². The fraction of sp³-hybridized carbons (Fsp3) is 0.367. The zero-order chi connectivity index (χ0) is 24.7. The van der Waals surface area contributed by atoms with Gasteiger partial charge in [-0.15, -0.1) is 0 Å². The molecule has 0 aliphatic carbocycles. The van der Waals surface area contributed by atoms with E-state index >= 15 is 0 Å². The summed E-state index contributed by atoms with van der Waals surface area (Å²) in [4.78, 5) is 34.1.